The minimum atomic E-state index is -0.0383. The molecule has 0 aliphatic carbocycles. The van der Waals surface area contributed by atoms with Gasteiger partial charge in [0.25, 0.3) is 0 Å². The lowest BCUT2D eigenvalue weighted by molar-refractivity contribution is 0.326. The van der Waals surface area contributed by atoms with Gasteiger partial charge in [0, 0.05) is 6.20 Å². The molecule has 0 spiro atoms. The highest BCUT2D eigenvalue weighted by Gasteiger charge is 1.98. The molecule has 1 N–H and O–H groups in total. The van der Waals surface area contributed by atoms with Gasteiger partial charge in [-0.1, -0.05) is 0 Å². The van der Waals surface area contributed by atoms with Gasteiger partial charge < -0.3 is 10.1 Å². The molecule has 6 nitrogen and oxygen atoms in total. The SMILES string of the molecule is CCOc1cncc(NC=C(C#N)C#N)n1. The summed E-state index contributed by atoms with van der Waals surface area (Å²) in [6.07, 6.45) is 4.21. The molecule has 16 heavy (non-hydrogen) atoms. The maximum atomic E-state index is 8.50. The van der Waals surface area contributed by atoms with E-state index in [4.69, 9.17) is 15.3 Å². The van der Waals surface area contributed by atoms with Crippen LogP contribution in [-0.2, 0) is 0 Å². The summed E-state index contributed by atoms with van der Waals surface area (Å²) in [5.41, 5.74) is -0.0383. The van der Waals surface area contributed by atoms with Crippen LogP contribution in [0.2, 0.25) is 0 Å². The number of allylic oxidation sites excluding steroid dienone is 1. The molecule has 0 unspecified atom stereocenters. The summed E-state index contributed by atoms with van der Waals surface area (Å²) in [7, 11) is 0. The van der Waals surface area contributed by atoms with Crippen LogP contribution in [0.5, 0.6) is 5.88 Å². The fraction of sp³-hybridized carbons (Fsp3) is 0.200. The van der Waals surface area contributed by atoms with Gasteiger partial charge in [-0.05, 0) is 6.92 Å². The van der Waals surface area contributed by atoms with Gasteiger partial charge in [0.05, 0.1) is 19.0 Å². The number of ether oxygens (including phenoxy) is 1. The van der Waals surface area contributed by atoms with Gasteiger partial charge in [-0.2, -0.15) is 15.5 Å². The van der Waals surface area contributed by atoms with Crippen molar-refractivity contribution in [1.82, 2.24) is 9.97 Å². The molecule has 0 saturated carbocycles. The second-order valence-corrected chi connectivity index (χ2v) is 2.60. The van der Waals surface area contributed by atoms with Crippen molar-refractivity contribution in [1.29, 1.82) is 10.5 Å². The molecule has 0 saturated heterocycles. The molecule has 0 fully saturated rings. The number of anilines is 1. The molecule has 1 aromatic heterocycles. The molecule has 0 aliphatic heterocycles. The van der Waals surface area contributed by atoms with E-state index in [1.54, 1.807) is 12.1 Å². The Morgan fingerprint density at radius 3 is 2.88 bits per heavy atom. The summed E-state index contributed by atoms with van der Waals surface area (Å²) in [4.78, 5) is 7.93. The van der Waals surface area contributed by atoms with Crippen LogP contribution in [0.3, 0.4) is 0 Å². The minimum absolute atomic E-state index is 0.0383. The molecule has 1 heterocycles. The topological polar surface area (TPSA) is 94.6 Å². The van der Waals surface area contributed by atoms with E-state index >= 15 is 0 Å². The zero-order valence-electron chi connectivity index (χ0n) is 8.64. The van der Waals surface area contributed by atoms with E-state index in [0.29, 0.717) is 18.3 Å². The van der Waals surface area contributed by atoms with Crippen LogP contribution in [0, 0.1) is 22.7 Å². The monoisotopic (exact) mass is 215 g/mol. The summed E-state index contributed by atoms with van der Waals surface area (Å²) in [6, 6.07) is 3.44. The van der Waals surface area contributed by atoms with E-state index in [0.717, 1.165) is 0 Å². The van der Waals surface area contributed by atoms with Crippen molar-refractivity contribution in [2.75, 3.05) is 11.9 Å². The number of nitrogens with one attached hydrogen (secondary N) is 1. The smallest absolute Gasteiger partial charge is 0.234 e. The Kier molecular flexibility index (Phi) is 4.30. The third kappa shape index (κ3) is 3.28. The lowest BCUT2D eigenvalue weighted by atomic mass is 10.3. The van der Waals surface area contributed by atoms with Crippen LogP contribution in [0.4, 0.5) is 5.82 Å². The summed E-state index contributed by atoms with van der Waals surface area (Å²) in [5, 5.41) is 19.7. The van der Waals surface area contributed by atoms with Crippen LogP contribution >= 0.6 is 0 Å². The molecule has 0 atom stereocenters. The average molecular weight is 215 g/mol. The van der Waals surface area contributed by atoms with Gasteiger partial charge in [-0.25, -0.2) is 0 Å². The molecule has 6 heteroatoms. The molecular formula is C10H9N5O. The Hall–Kier alpha value is -2.60. The highest BCUT2D eigenvalue weighted by Crippen LogP contribution is 2.08. The van der Waals surface area contributed by atoms with E-state index in [9.17, 15) is 0 Å². The Labute approximate surface area is 92.8 Å². The largest absolute Gasteiger partial charge is 0.477 e. The quantitative estimate of drug-likeness (QED) is 0.758. The van der Waals surface area contributed by atoms with Crippen LogP contribution in [0.1, 0.15) is 6.92 Å². The van der Waals surface area contributed by atoms with Crippen LogP contribution in [0.25, 0.3) is 0 Å². The minimum Gasteiger partial charge on any atom is -0.477 e. The predicted octanol–water partition coefficient (Wildman–Crippen LogP) is 1.22. The van der Waals surface area contributed by atoms with Crippen molar-refractivity contribution in [3.05, 3.63) is 24.2 Å². The Morgan fingerprint density at radius 1 is 1.50 bits per heavy atom. The first kappa shape index (κ1) is 11.5. The van der Waals surface area contributed by atoms with Gasteiger partial charge in [0.1, 0.15) is 17.7 Å². The van der Waals surface area contributed by atoms with Crippen molar-refractivity contribution < 1.29 is 4.74 Å². The molecule has 1 rings (SSSR count). The number of nitriles is 2. The molecule has 0 bridgehead atoms. The zero-order chi connectivity index (χ0) is 11.8. The highest BCUT2D eigenvalue weighted by atomic mass is 16.5. The summed E-state index contributed by atoms with van der Waals surface area (Å²) in [5.74, 6) is 0.797. The van der Waals surface area contributed by atoms with E-state index < -0.39 is 0 Å². The molecular weight excluding hydrogens is 206 g/mol. The van der Waals surface area contributed by atoms with Crippen molar-refractivity contribution >= 4 is 5.82 Å². The highest BCUT2D eigenvalue weighted by molar-refractivity contribution is 5.43. The van der Waals surface area contributed by atoms with Crippen molar-refractivity contribution in [2.24, 2.45) is 0 Å². The summed E-state index contributed by atoms with van der Waals surface area (Å²) in [6.45, 7) is 2.33. The molecule has 80 valence electrons. The number of hydrogen-bond donors (Lipinski definition) is 1. The average Bonchev–Trinajstić information content (AvgIpc) is 2.31. The third-order valence-electron chi connectivity index (χ3n) is 1.51. The Balaban J connectivity index is 2.76. The zero-order valence-corrected chi connectivity index (χ0v) is 8.64. The van der Waals surface area contributed by atoms with E-state index in [1.807, 2.05) is 6.92 Å². The Bertz CT molecular complexity index is 453. The van der Waals surface area contributed by atoms with E-state index in [-0.39, 0.29) is 5.57 Å². The standard InChI is InChI=1S/C10H9N5O/c1-2-16-10-7-13-6-9(15-10)14-5-8(3-11)4-12/h5-7H,2H2,1H3,(H,14,15). The van der Waals surface area contributed by atoms with Crippen LogP contribution in [-0.4, -0.2) is 16.6 Å². The molecule has 0 aliphatic rings. The lowest BCUT2D eigenvalue weighted by Gasteiger charge is -2.03. The van der Waals surface area contributed by atoms with E-state index in [1.165, 1.54) is 18.6 Å². The maximum absolute atomic E-state index is 8.50. The molecule has 1 aromatic rings. The number of aromatic nitrogens is 2. The number of nitrogens with zero attached hydrogens (tertiary/aromatic N) is 4. The predicted molar refractivity (Wildman–Crippen MR) is 56.1 cm³/mol. The van der Waals surface area contributed by atoms with Crippen LogP contribution in [0.15, 0.2) is 24.2 Å². The van der Waals surface area contributed by atoms with Crippen LogP contribution < -0.4 is 10.1 Å². The second-order valence-electron chi connectivity index (χ2n) is 2.60. The first-order valence-corrected chi connectivity index (χ1v) is 4.52. The van der Waals surface area contributed by atoms with Gasteiger partial charge in [-0.3, -0.25) is 4.98 Å². The van der Waals surface area contributed by atoms with Crippen molar-refractivity contribution in [3.63, 3.8) is 0 Å². The molecule has 0 amide bonds. The van der Waals surface area contributed by atoms with Gasteiger partial charge >= 0.3 is 0 Å². The maximum Gasteiger partial charge on any atom is 0.234 e. The number of rotatable bonds is 4. The first-order chi connectivity index (χ1) is 7.80. The van der Waals surface area contributed by atoms with Gasteiger partial charge in [0.2, 0.25) is 5.88 Å². The normalized spacial score (nSPS) is 8.44. The van der Waals surface area contributed by atoms with Gasteiger partial charge in [-0.15, -0.1) is 0 Å². The van der Waals surface area contributed by atoms with Gasteiger partial charge in [0.15, 0.2) is 5.82 Å². The van der Waals surface area contributed by atoms with Crippen molar-refractivity contribution in [3.8, 4) is 18.0 Å². The lowest BCUT2D eigenvalue weighted by Crippen LogP contribution is -1.99. The third-order valence-corrected chi connectivity index (χ3v) is 1.51. The van der Waals surface area contributed by atoms with Crippen molar-refractivity contribution in [2.45, 2.75) is 6.92 Å². The number of hydrogen-bond acceptors (Lipinski definition) is 6. The van der Waals surface area contributed by atoms with E-state index in [2.05, 4.69) is 15.3 Å². The summed E-state index contributed by atoms with van der Waals surface area (Å²) < 4.78 is 5.14. The Morgan fingerprint density at radius 2 is 2.25 bits per heavy atom. The fourth-order valence-corrected chi connectivity index (χ4v) is 0.871. The fourth-order valence-electron chi connectivity index (χ4n) is 0.871. The molecule has 0 radical (unpaired) electrons. The second kappa shape index (κ2) is 5.99. The summed E-state index contributed by atoms with van der Waals surface area (Å²) >= 11 is 0. The first-order valence-electron chi connectivity index (χ1n) is 4.52. The molecule has 0 aromatic carbocycles.